The molecular weight excluding hydrogens is 354 g/mol. The van der Waals surface area contributed by atoms with Crippen LogP contribution in [0.5, 0.6) is 0 Å². The van der Waals surface area contributed by atoms with E-state index >= 15 is 0 Å². The van der Waals surface area contributed by atoms with Crippen molar-refractivity contribution in [3.8, 4) is 0 Å². The molecule has 2 aromatic carbocycles. The van der Waals surface area contributed by atoms with E-state index in [2.05, 4.69) is 10.3 Å². The molecule has 144 valence electrons. The SMILES string of the molecule is Cc1ccc(N2NC(=O)C(=Cc3ccc(N4CCOCC4)cc3)C2=O)c(C)c1. The van der Waals surface area contributed by atoms with Crippen molar-refractivity contribution in [1.29, 1.82) is 0 Å². The standard InChI is InChI=1S/C22H23N3O3/c1-15-3-8-20(16(2)13-15)25-22(27)19(21(26)23-25)14-17-4-6-18(7-5-17)24-9-11-28-12-10-24/h3-8,13-14H,9-12H2,1-2H3,(H,23,26). The minimum Gasteiger partial charge on any atom is -0.378 e. The van der Waals surface area contributed by atoms with Crippen LogP contribution in [-0.2, 0) is 14.3 Å². The Kier molecular flexibility index (Phi) is 4.88. The van der Waals surface area contributed by atoms with Gasteiger partial charge in [-0.05, 0) is 49.2 Å². The molecule has 6 heteroatoms. The van der Waals surface area contributed by atoms with Crippen LogP contribution in [0.1, 0.15) is 16.7 Å². The van der Waals surface area contributed by atoms with Crippen molar-refractivity contribution in [3.63, 3.8) is 0 Å². The molecule has 0 unspecified atom stereocenters. The van der Waals surface area contributed by atoms with Crippen molar-refractivity contribution in [3.05, 3.63) is 64.7 Å². The molecule has 0 spiro atoms. The second-order valence-corrected chi connectivity index (χ2v) is 7.12. The third-order valence-corrected chi connectivity index (χ3v) is 5.06. The van der Waals surface area contributed by atoms with Gasteiger partial charge in [-0.1, -0.05) is 29.8 Å². The second-order valence-electron chi connectivity index (χ2n) is 7.12. The van der Waals surface area contributed by atoms with Gasteiger partial charge in [0.1, 0.15) is 5.57 Å². The fraction of sp³-hybridized carbons (Fsp3) is 0.273. The van der Waals surface area contributed by atoms with Crippen LogP contribution in [-0.4, -0.2) is 38.1 Å². The Balaban J connectivity index is 1.56. The summed E-state index contributed by atoms with van der Waals surface area (Å²) in [5.74, 6) is -0.726. The van der Waals surface area contributed by atoms with Crippen LogP contribution < -0.4 is 15.3 Å². The van der Waals surface area contributed by atoms with E-state index < -0.39 is 0 Å². The Hall–Kier alpha value is -3.12. The van der Waals surface area contributed by atoms with Gasteiger partial charge in [0, 0.05) is 18.8 Å². The Labute approximate surface area is 164 Å². The summed E-state index contributed by atoms with van der Waals surface area (Å²) in [7, 11) is 0. The topological polar surface area (TPSA) is 61.9 Å². The number of benzene rings is 2. The summed E-state index contributed by atoms with van der Waals surface area (Å²) in [4.78, 5) is 27.5. The first kappa shape index (κ1) is 18.3. The predicted octanol–water partition coefficient (Wildman–Crippen LogP) is 2.60. The van der Waals surface area contributed by atoms with Crippen molar-refractivity contribution in [2.24, 2.45) is 0 Å². The maximum Gasteiger partial charge on any atom is 0.282 e. The molecule has 6 nitrogen and oxygen atoms in total. The first-order valence-corrected chi connectivity index (χ1v) is 9.40. The van der Waals surface area contributed by atoms with Gasteiger partial charge in [-0.25, -0.2) is 5.01 Å². The average Bonchev–Trinajstić information content (AvgIpc) is 2.97. The van der Waals surface area contributed by atoms with Gasteiger partial charge < -0.3 is 9.64 Å². The van der Waals surface area contributed by atoms with Crippen LogP contribution in [0.15, 0.2) is 48.0 Å². The largest absolute Gasteiger partial charge is 0.378 e. The molecule has 2 aromatic rings. The quantitative estimate of drug-likeness (QED) is 0.660. The van der Waals surface area contributed by atoms with Crippen molar-refractivity contribution >= 4 is 29.3 Å². The summed E-state index contributed by atoms with van der Waals surface area (Å²) in [6.45, 7) is 7.11. The molecule has 2 aliphatic rings. The van der Waals surface area contributed by atoms with E-state index in [9.17, 15) is 9.59 Å². The molecule has 28 heavy (non-hydrogen) atoms. The lowest BCUT2D eigenvalue weighted by Gasteiger charge is -2.28. The highest BCUT2D eigenvalue weighted by Crippen LogP contribution is 2.26. The first-order chi connectivity index (χ1) is 13.5. The van der Waals surface area contributed by atoms with E-state index in [1.807, 2.05) is 56.3 Å². The zero-order chi connectivity index (χ0) is 19.7. The maximum atomic E-state index is 12.8. The number of hydrogen-bond acceptors (Lipinski definition) is 4. The molecule has 0 aliphatic carbocycles. The average molecular weight is 377 g/mol. The van der Waals surface area contributed by atoms with Gasteiger partial charge in [0.05, 0.1) is 18.9 Å². The second kappa shape index (κ2) is 7.48. The number of hydrazine groups is 1. The van der Waals surface area contributed by atoms with E-state index in [1.165, 1.54) is 5.01 Å². The highest BCUT2D eigenvalue weighted by atomic mass is 16.5. The zero-order valence-corrected chi connectivity index (χ0v) is 16.1. The summed E-state index contributed by atoms with van der Waals surface area (Å²) >= 11 is 0. The molecule has 0 aromatic heterocycles. The maximum absolute atomic E-state index is 12.8. The van der Waals surface area contributed by atoms with Crippen LogP contribution in [0, 0.1) is 13.8 Å². The number of hydrogen-bond donors (Lipinski definition) is 1. The Morgan fingerprint density at radius 1 is 1.00 bits per heavy atom. The zero-order valence-electron chi connectivity index (χ0n) is 16.1. The van der Waals surface area contributed by atoms with Gasteiger partial charge in [0.2, 0.25) is 0 Å². The smallest absolute Gasteiger partial charge is 0.282 e. The highest BCUT2D eigenvalue weighted by molar-refractivity contribution is 6.31. The molecule has 2 saturated heterocycles. The van der Waals surface area contributed by atoms with Gasteiger partial charge in [-0.15, -0.1) is 0 Å². The molecule has 0 atom stereocenters. The molecule has 0 saturated carbocycles. The number of aryl methyl sites for hydroxylation is 2. The third kappa shape index (κ3) is 3.51. The van der Waals surface area contributed by atoms with E-state index in [-0.39, 0.29) is 17.4 Å². The van der Waals surface area contributed by atoms with Crippen molar-refractivity contribution in [1.82, 2.24) is 5.43 Å². The number of amides is 2. The summed E-state index contributed by atoms with van der Waals surface area (Å²) < 4.78 is 5.38. The monoisotopic (exact) mass is 377 g/mol. The molecule has 2 aliphatic heterocycles. The number of carbonyl (C=O) groups is 2. The van der Waals surface area contributed by atoms with Gasteiger partial charge in [0.15, 0.2) is 0 Å². The van der Waals surface area contributed by atoms with Crippen LogP contribution in [0.25, 0.3) is 6.08 Å². The van der Waals surface area contributed by atoms with E-state index in [0.717, 1.165) is 48.7 Å². The lowest BCUT2D eigenvalue weighted by molar-refractivity contribution is -0.117. The molecule has 2 fully saturated rings. The van der Waals surface area contributed by atoms with Crippen LogP contribution >= 0.6 is 0 Å². The van der Waals surface area contributed by atoms with E-state index in [0.29, 0.717) is 5.69 Å². The van der Waals surface area contributed by atoms with Gasteiger partial charge in [-0.2, -0.15) is 0 Å². The van der Waals surface area contributed by atoms with Crippen LogP contribution in [0.3, 0.4) is 0 Å². The fourth-order valence-electron chi connectivity index (χ4n) is 3.55. The number of nitrogens with one attached hydrogen (secondary N) is 1. The summed E-state index contributed by atoms with van der Waals surface area (Å²) in [6.07, 6.45) is 1.64. The summed E-state index contributed by atoms with van der Waals surface area (Å²) in [5.41, 5.74) is 7.47. The van der Waals surface area contributed by atoms with E-state index in [1.54, 1.807) is 6.08 Å². The summed E-state index contributed by atoms with van der Waals surface area (Å²) in [5, 5.41) is 1.32. The number of ether oxygens (including phenoxy) is 1. The van der Waals surface area contributed by atoms with E-state index in [4.69, 9.17) is 4.74 Å². The molecule has 1 N–H and O–H groups in total. The lowest BCUT2D eigenvalue weighted by atomic mass is 10.1. The number of anilines is 2. The Bertz CT molecular complexity index is 944. The van der Waals surface area contributed by atoms with Gasteiger partial charge in [-0.3, -0.25) is 15.0 Å². The highest BCUT2D eigenvalue weighted by Gasteiger charge is 2.35. The van der Waals surface area contributed by atoms with Crippen LogP contribution in [0.2, 0.25) is 0 Å². The van der Waals surface area contributed by atoms with Crippen molar-refractivity contribution in [2.75, 3.05) is 36.2 Å². The predicted molar refractivity (Wildman–Crippen MR) is 109 cm³/mol. The van der Waals surface area contributed by atoms with Crippen molar-refractivity contribution < 1.29 is 14.3 Å². The lowest BCUT2D eigenvalue weighted by Crippen LogP contribution is -2.36. The van der Waals surface area contributed by atoms with Crippen LogP contribution in [0.4, 0.5) is 11.4 Å². The molecule has 0 bridgehead atoms. The normalized spacial score (nSPS) is 18.7. The number of rotatable bonds is 3. The van der Waals surface area contributed by atoms with Crippen molar-refractivity contribution in [2.45, 2.75) is 13.8 Å². The van der Waals surface area contributed by atoms with Gasteiger partial charge in [0.25, 0.3) is 11.8 Å². The summed E-state index contributed by atoms with van der Waals surface area (Å²) in [6, 6.07) is 13.6. The minimum atomic E-state index is -0.387. The molecule has 2 heterocycles. The third-order valence-electron chi connectivity index (χ3n) is 5.06. The number of carbonyl (C=O) groups excluding carboxylic acids is 2. The Morgan fingerprint density at radius 3 is 2.39 bits per heavy atom. The molecule has 2 amide bonds. The molecule has 0 radical (unpaired) electrons. The minimum absolute atomic E-state index is 0.138. The fourth-order valence-corrected chi connectivity index (χ4v) is 3.55. The first-order valence-electron chi connectivity index (χ1n) is 9.40. The number of nitrogens with zero attached hydrogens (tertiary/aromatic N) is 2. The Morgan fingerprint density at radius 2 is 1.71 bits per heavy atom. The molecule has 4 rings (SSSR count). The van der Waals surface area contributed by atoms with Gasteiger partial charge >= 0.3 is 0 Å². The molecular formula is C22H23N3O3. The number of morpholine rings is 1.